The quantitative estimate of drug-likeness (QED) is 0.180. The normalized spacial score (nSPS) is 17.4. The van der Waals surface area contributed by atoms with Crippen LogP contribution in [0.1, 0.15) is 26.7 Å². The van der Waals surface area contributed by atoms with Crippen molar-refractivity contribution in [2.24, 2.45) is 10.5 Å². The van der Waals surface area contributed by atoms with Gasteiger partial charge in [-0.05, 0) is 56.5 Å². The minimum Gasteiger partial charge on any atom is -0.455 e. The third kappa shape index (κ3) is 7.80. The predicted molar refractivity (Wildman–Crippen MR) is 115 cm³/mol. The van der Waals surface area contributed by atoms with E-state index in [0.717, 1.165) is 0 Å². The van der Waals surface area contributed by atoms with E-state index in [-0.39, 0.29) is 11.7 Å². The van der Waals surface area contributed by atoms with Gasteiger partial charge in [0.1, 0.15) is 9.50 Å². The lowest BCUT2D eigenvalue weighted by Gasteiger charge is -2.31. The number of amides is 1. The molecule has 2 aliphatic rings. The molecule has 1 saturated heterocycles. The summed E-state index contributed by atoms with van der Waals surface area (Å²) in [6, 6.07) is 0. The minimum atomic E-state index is -0.752. The van der Waals surface area contributed by atoms with Crippen molar-refractivity contribution in [3.8, 4) is 0 Å². The van der Waals surface area contributed by atoms with Gasteiger partial charge >= 0.3 is 18.0 Å². The Labute approximate surface area is 196 Å². The maximum Gasteiger partial charge on any atom is 0.409 e. The molecule has 11 nitrogen and oxygen atoms in total. The summed E-state index contributed by atoms with van der Waals surface area (Å²) in [6.07, 6.45) is 1.55. The monoisotopic (exact) mass is 566 g/mol. The number of rotatable bonds is 9. The van der Waals surface area contributed by atoms with Crippen LogP contribution in [0.5, 0.6) is 0 Å². The zero-order chi connectivity index (χ0) is 22.8. The van der Waals surface area contributed by atoms with Crippen molar-refractivity contribution in [1.82, 2.24) is 9.91 Å². The predicted octanol–water partition coefficient (Wildman–Crippen LogP) is 3.21. The summed E-state index contributed by atoms with van der Waals surface area (Å²) in [7, 11) is 0. The SMILES string of the molecule is CCCC(OC(=O)CON=NN1CCN(C(=O)OCC)CC1)C1=CC(=C(Br)Br)OC1=O. The van der Waals surface area contributed by atoms with E-state index < -0.39 is 24.6 Å². The van der Waals surface area contributed by atoms with Gasteiger partial charge in [-0.15, -0.1) is 0 Å². The summed E-state index contributed by atoms with van der Waals surface area (Å²) in [6.45, 7) is 5.35. The fraction of sp³-hybridized carbons (Fsp3) is 0.611. The van der Waals surface area contributed by atoms with Crippen molar-refractivity contribution < 1.29 is 33.4 Å². The summed E-state index contributed by atoms with van der Waals surface area (Å²) in [4.78, 5) is 42.3. The summed E-state index contributed by atoms with van der Waals surface area (Å²) < 4.78 is 15.9. The molecule has 13 heteroatoms. The second-order valence-electron chi connectivity index (χ2n) is 6.47. The van der Waals surface area contributed by atoms with Gasteiger partial charge in [0.25, 0.3) is 0 Å². The summed E-state index contributed by atoms with van der Waals surface area (Å²) in [5, 5.41) is 9.03. The summed E-state index contributed by atoms with van der Waals surface area (Å²) in [5.41, 5.74) is 0.252. The number of cyclic esters (lactones) is 1. The van der Waals surface area contributed by atoms with Gasteiger partial charge in [-0.2, -0.15) is 0 Å². The van der Waals surface area contributed by atoms with E-state index in [2.05, 4.69) is 42.4 Å². The maximum absolute atomic E-state index is 12.1. The molecule has 0 N–H and O–H groups in total. The van der Waals surface area contributed by atoms with Crippen molar-refractivity contribution in [3.63, 3.8) is 0 Å². The van der Waals surface area contributed by atoms with Crippen LogP contribution < -0.4 is 0 Å². The average Bonchev–Trinajstić information content (AvgIpc) is 3.13. The van der Waals surface area contributed by atoms with Crippen molar-refractivity contribution in [1.29, 1.82) is 0 Å². The number of hydrogen-bond donors (Lipinski definition) is 0. The molecule has 1 unspecified atom stereocenters. The van der Waals surface area contributed by atoms with Gasteiger partial charge in [0, 0.05) is 18.4 Å². The Hall–Kier alpha value is -2.15. The lowest BCUT2D eigenvalue weighted by Crippen LogP contribution is -2.46. The van der Waals surface area contributed by atoms with Crippen LogP contribution in [0.25, 0.3) is 0 Å². The third-order valence-electron chi connectivity index (χ3n) is 4.27. The lowest BCUT2D eigenvalue weighted by atomic mass is 10.1. The van der Waals surface area contributed by atoms with Crippen molar-refractivity contribution in [2.75, 3.05) is 39.4 Å². The Morgan fingerprint density at radius 3 is 2.52 bits per heavy atom. The van der Waals surface area contributed by atoms with E-state index in [0.29, 0.717) is 54.8 Å². The molecule has 1 fully saturated rings. The molecule has 0 spiro atoms. The average molecular weight is 568 g/mol. The largest absolute Gasteiger partial charge is 0.455 e. The number of ether oxygens (including phenoxy) is 3. The highest BCUT2D eigenvalue weighted by atomic mass is 79.9. The molecule has 31 heavy (non-hydrogen) atoms. The van der Waals surface area contributed by atoms with Crippen LogP contribution in [0.15, 0.2) is 31.3 Å². The van der Waals surface area contributed by atoms with Crippen LogP contribution in [0.3, 0.4) is 0 Å². The molecule has 2 rings (SSSR count). The zero-order valence-corrected chi connectivity index (χ0v) is 20.4. The highest BCUT2D eigenvalue weighted by molar-refractivity contribution is 9.28. The standard InChI is InChI=1S/C18H24Br2N4O7/c1-3-5-13(12-10-14(16(19)20)31-17(12)26)30-15(25)11-29-22-21-24-8-6-23(7-9-24)18(27)28-4-2/h10,13H,3-9,11H2,1-2H3. The van der Waals surface area contributed by atoms with Gasteiger partial charge in [0.2, 0.25) is 6.61 Å². The highest BCUT2D eigenvalue weighted by Crippen LogP contribution is 2.30. The van der Waals surface area contributed by atoms with E-state index in [1.54, 1.807) is 16.8 Å². The fourth-order valence-electron chi connectivity index (χ4n) is 2.78. The first-order valence-corrected chi connectivity index (χ1v) is 11.3. The van der Waals surface area contributed by atoms with Crippen LogP contribution in [0.4, 0.5) is 4.79 Å². The van der Waals surface area contributed by atoms with Gasteiger partial charge < -0.3 is 23.9 Å². The molecule has 1 atom stereocenters. The first-order valence-electron chi connectivity index (χ1n) is 9.73. The number of nitrogens with zero attached hydrogens (tertiary/aromatic N) is 4. The van der Waals surface area contributed by atoms with E-state index in [1.165, 1.54) is 6.08 Å². The molecule has 0 aromatic heterocycles. The van der Waals surface area contributed by atoms with Crippen LogP contribution in [-0.2, 0) is 28.6 Å². The number of hydrogen-bond acceptors (Lipinski definition) is 9. The number of esters is 2. The van der Waals surface area contributed by atoms with Crippen molar-refractivity contribution in [3.05, 3.63) is 20.8 Å². The Bertz CT molecular complexity index is 760. The molecular formula is C18H24Br2N4O7. The lowest BCUT2D eigenvalue weighted by molar-refractivity contribution is -0.154. The van der Waals surface area contributed by atoms with Gasteiger partial charge in [-0.3, -0.25) is 5.01 Å². The molecular weight excluding hydrogens is 544 g/mol. The Kier molecular flexibility index (Phi) is 10.2. The number of carbonyl (C=O) groups excluding carboxylic acids is 3. The second-order valence-corrected chi connectivity index (χ2v) is 9.12. The van der Waals surface area contributed by atoms with Crippen LogP contribution >= 0.6 is 31.9 Å². The molecule has 2 heterocycles. The highest BCUT2D eigenvalue weighted by Gasteiger charge is 2.32. The number of allylic oxidation sites excluding steroid dienone is 1. The van der Waals surface area contributed by atoms with Gasteiger partial charge in [0.15, 0.2) is 5.76 Å². The van der Waals surface area contributed by atoms with Crippen LogP contribution in [-0.4, -0.2) is 73.4 Å². The zero-order valence-electron chi connectivity index (χ0n) is 17.2. The molecule has 0 bridgehead atoms. The van der Waals surface area contributed by atoms with Crippen molar-refractivity contribution >= 4 is 49.9 Å². The molecule has 2 aliphatic heterocycles. The third-order valence-corrected chi connectivity index (χ3v) is 5.05. The number of carbonyl (C=O) groups is 3. The van der Waals surface area contributed by atoms with E-state index in [9.17, 15) is 14.4 Å². The topological polar surface area (TPSA) is 119 Å². The second kappa shape index (κ2) is 12.6. The molecule has 0 aromatic rings. The fourth-order valence-corrected chi connectivity index (χ4v) is 3.17. The Morgan fingerprint density at radius 1 is 1.23 bits per heavy atom. The van der Waals surface area contributed by atoms with Crippen LogP contribution in [0, 0.1) is 0 Å². The van der Waals surface area contributed by atoms with Gasteiger partial charge in [-0.25, -0.2) is 14.4 Å². The first kappa shape index (κ1) is 25.1. The summed E-state index contributed by atoms with van der Waals surface area (Å²) >= 11 is 6.36. The summed E-state index contributed by atoms with van der Waals surface area (Å²) in [5.74, 6) is -0.945. The maximum atomic E-state index is 12.1. The van der Waals surface area contributed by atoms with E-state index >= 15 is 0 Å². The number of halogens is 2. The molecule has 0 aliphatic carbocycles. The molecule has 172 valence electrons. The smallest absolute Gasteiger partial charge is 0.409 e. The molecule has 0 aromatic carbocycles. The Balaban J connectivity index is 1.78. The van der Waals surface area contributed by atoms with Gasteiger partial charge in [-0.1, -0.05) is 13.3 Å². The van der Waals surface area contributed by atoms with Crippen LogP contribution in [0.2, 0.25) is 0 Å². The first-order chi connectivity index (χ1) is 14.8. The minimum absolute atomic E-state index is 0.252. The molecule has 1 amide bonds. The molecule has 0 saturated carbocycles. The van der Waals surface area contributed by atoms with Crippen molar-refractivity contribution in [2.45, 2.75) is 32.8 Å². The van der Waals surface area contributed by atoms with E-state index in [1.807, 2.05) is 6.92 Å². The van der Waals surface area contributed by atoms with Gasteiger partial charge in [0.05, 0.1) is 25.3 Å². The Morgan fingerprint density at radius 2 is 1.94 bits per heavy atom. The number of piperazine rings is 1. The molecule has 0 radical (unpaired) electrons. The van der Waals surface area contributed by atoms with E-state index in [4.69, 9.17) is 19.0 Å².